The Morgan fingerprint density at radius 3 is 2.35 bits per heavy atom. The maximum absolute atomic E-state index is 12.0. The molecule has 0 aliphatic carbocycles. The summed E-state index contributed by atoms with van der Waals surface area (Å²) < 4.78 is 50.6. The monoisotopic (exact) mass is 294 g/mol. The molecular formula is C12H17F3N2O3. The number of aromatic nitrogens is 1. The molecule has 1 heterocycles. The quantitative estimate of drug-likeness (QED) is 0.783. The van der Waals surface area contributed by atoms with E-state index in [4.69, 9.17) is 9.47 Å². The van der Waals surface area contributed by atoms with Crippen LogP contribution >= 0.6 is 0 Å². The number of hydrogen-bond acceptors (Lipinski definition) is 5. The minimum atomic E-state index is -4.38. The van der Waals surface area contributed by atoms with Crippen molar-refractivity contribution in [2.24, 2.45) is 0 Å². The van der Waals surface area contributed by atoms with Crippen molar-refractivity contribution in [1.29, 1.82) is 0 Å². The van der Waals surface area contributed by atoms with Crippen LogP contribution in [-0.2, 0) is 9.47 Å². The Bertz CT molecular complexity index is 394. The van der Waals surface area contributed by atoms with Gasteiger partial charge in [0, 0.05) is 20.3 Å². The fraction of sp³-hybridized carbons (Fsp3) is 0.583. The fourth-order valence-electron chi connectivity index (χ4n) is 1.54. The first-order chi connectivity index (χ1) is 9.35. The lowest BCUT2D eigenvalue weighted by molar-refractivity contribution is -0.154. The molecule has 1 aromatic rings. The molecule has 1 rings (SSSR count). The Hall–Kier alpha value is -1.54. The van der Waals surface area contributed by atoms with Gasteiger partial charge >= 0.3 is 6.18 Å². The highest BCUT2D eigenvalue weighted by molar-refractivity contribution is 5.42. The van der Waals surface area contributed by atoms with Gasteiger partial charge in [0.25, 0.3) is 0 Å². The zero-order valence-electron chi connectivity index (χ0n) is 11.4. The zero-order chi connectivity index (χ0) is 15.2. The summed E-state index contributed by atoms with van der Waals surface area (Å²) in [5.74, 6) is -0.0874. The number of anilines is 1. The highest BCUT2D eigenvalue weighted by atomic mass is 19.4. The Kier molecular flexibility index (Phi) is 6.03. The van der Waals surface area contributed by atoms with Crippen molar-refractivity contribution in [3.63, 3.8) is 0 Å². The van der Waals surface area contributed by atoms with Crippen molar-refractivity contribution >= 4 is 5.69 Å². The molecule has 0 saturated carbocycles. The van der Waals surface area contributed by atoms with E-state index in [9.17, 15) is 13.2 Å². The Morgan fingerprint density at radius 1 is 1.25 bits per heavy atom. The summed E-state index contributed by atoms with van der Waals surface area (Å²) in [6.07, 6.45) is -3.45. The topological polar surface area (TPSA) is 52.6 Å². The van der Waals surface area contributed by atoms with Crippen molar-refractivity contribution < 1.29 is 27.4 Å². The molecule has 5 nitrogen and oxygen atoms in total. The number of alkyl halides is 3. The van der Waals surface area contributed by atoms with Crippen LogP contribution in [0.25, 0.3) is 0 Å². The Morgan fingerprint density at radius 2 is 1.90 bits per heavy atom. The van der Waals surface area contributed by atoms with E-state index in [1.165, 1.54) is 26.5 Å². The third kappa shape index (κ3) is 5.62. The van der Waals surface area contributed by atoms with Crippen LogP contribution < -0.4 is 10.1 Å². The highest BCUT2D eigenvalue weighted by Crippen LogP contribution is 2.18. The molecule has 0 aliphatic heterocycles. The van der Waals surface area contributed by atoms with E-state index in [1.54, 1.807) is 6.07 Å². The minimum absolute atomic E-state index is 0.0874. The third-order valence-electron chi connectivity index (χ3n) is 2.39. The third-order valence-corrected chi connectivity index (χ3v) is 2.39. The molecule has 0 fully saturated rings. The van der Waals surface area contributed by atoms with Gasteiger partial charge in [0.1, 0.15) is 0 Å². The number of halogens is 3. The van der Waals surface area contributed by atoms with Crippen molar-refractivity contribution in [1.82, 2.24) is 4.98 Å². The number of ether oxygens (including phenoxy) is 3. The first-order valence-electron chi connectivity index (χ1n) is 5.83. The van der Waals surface area contributed by atoms with Gasteiger partial charge in [-0.2, -0.15) is 13.2 Å². The summed E-state index contributed by atoms with van der Waals surface area (Å²) in [5, 5.41) is 3.05. The first-order valence-corrected chi connectivity index (χ1v) is 5.83. The second kappa shape index (κ2) is 7.30. The van der Waals surface area contributed by atoms with Crippen LogP contribution in [0.5, 0.6) is 5.88 Å². The summed E-state index contributed by atoms with van der Waals surface area (Å²) in [6.45, 7) is 0.477. The zero-order valence-corrected chi connectivity index (χ0v) is 11.4. The lowest BCUT2D eigenvalue weighted by atomic mass is 10.3. The van der Waals surface area contributed by atoms with Crippen molar-refractivity contribution in [2.45, 2.75) is 25.4 Å². The number of hydrogen-bond donors (Lipinski definition) is 1. The van der Waals surface area contributed by atoms with E-state index in [2.05, 4.69) is 15.0 Å². The van der Waals surface area contributed by atoms with E-state index in [0.717, 1.165) is 0 Å². The largest absolute Gasteiger partial charge is 0.468 e. The second-order valence-corrected chi connectivity index (χ2v) is 4.06. The minimum Gasteiger partial charge on any atom is -0.468 e. The average Bonchev–Trinajstić information content (AvgIpc) is 2.38. The van der Waals surface area contributed by atoms with Gasteiger partial charge < -0.3 is 19.5 Å². The van der Waals surface area contributed by atoms with E-state index in [1.807, 2.05) is 6.92 Å². The summed E-state index contributed by atoms with van der Waals surface area (Å²) in [4.78, 5) is 3.78. The highest BCUT2D eigenvalue weighted by Gasteiger charge is 2.28. The summed E-state index contributed by atoms with van der Waals surface area (Å²) in [6, 6.07) is 2.77. The molecule has 0 spiro atoms. The smallest absolute Gasteiger partial charge is 0.422 e. The molecule has 1 aromatic heterocycles. The van der Waals surface area contributed by atoms with Gasteiger partial charge in [-0.1, -0.05) is 0 Å². The van der Waals surface area contributed by atoms with Gasteiger partial charge in [0.2, 0.25) is 5.88 Å². The molecule has 1 unspecified atom stereocenters. The van der Waals surface area contributed by atoms with Crippen molar-refractivity contribution in [2.75, 3.05) is 26.1 Å². The van der Waals surface area contributed by atoms with Crippen LogP contribution in [0.1, 0.15) is 6.92 Å². The predicted octanol–water partition coefficient (Wildman–Crippen LogP) is 2.44. The summed E-state index contributed by atoms with van der Waals surface area (Å²) in [7, 11) is 3.03. The molecule has 20 heavy (non-hydrogen) atoms. The van der Waals surface area contributed by atoms with Crippen LogP contribution in [0, 0.1) is 0 Å². The molecule has 0 amide bonds. The number of pyridine rings is 1. The molecule has 0 radical (unpaired) electrons. The number of nitrogens with zero attached hydrogens (tertiary/aromatic N) is 1. The van der Waals surface area contributed by atoms with Gasteiger partial charge in [0.15, 0.2) is 12.9 Å². The van der Waals surface area contributed by atoms with E-state index >= 15 is 0 Å². The molecule has 0 aromatic carbocycles. The first kappa shape index (κ1) is 16.5. The van der Waals surface area contributed by atoms with Gasteiger partial charge in [-0.3, -0.25) is 0 Å². The van der Waals surface area contributed by atoms with Crippen LogP contribution in [0.3, 0.4) is 0 Å². The van der Waals surface area contributed by atoms with Crippen molar-refractivity contribution in [3.05, 3.63) is 18.3 Å². The predicted molar refractivity (Wildman–Crippen MR) is 66.7 cm³/mol. The molecule has 8 heteroatoms. The Balaban J connectivity index is 2.54. The molecular weight excluding hydrogens is 277 g/mol. The standard InChI is InChI=1S/C12H17F3N2O3/c1-8(11(18-2)19-3)17-9-4-5-10(16-6-9)20-7-12(13,14)15/h4-6,8,11,17H,7H2,1-3H3. The molecule has 0 bridgehead atoms. The van der Waals surface area contributed by atoms with Crippen LogP contribution in [0.2, 0.25) is 0 Å². The maximum atomic E-state index is 12.0. The lowest BCUT2D eigenvalue weighted by Gasteiger charge is -2.22. The van der Waals surface area contributed by atoms with E-state index in [-0.39, 0.29) is 11.9 Å². The Labute approximate surface area is 115 Å². The van der Waals surface area contributed by atoms with E-state index in [0.29, 0.717) is 5.69 Å². The molecule has 1 N–H and O–H groups in total. The lowest BCUT2D eigenvalue weighted by Crippen LogP contribution is -2.33. The normalized spacial score (nSPS) is 13.3. The molecule has 114 valence electrons. The van der Waals surface area contributed by atoms with Gasteiger partial charge in [-0.15, -0.1) is 0 Å². The van der Waals surface area contributed by atoms with Crippen molar-refractivity contribution in [3.8, 4) is 5.88 Å². The van der Waals surface area contributed by atoms with Gasteiger partial charge in [-0.05, 0) is 13.0 Å². The molecule has 0 saturated heterocycles. The van der Waals surface area contributed by atoms with Crippen LogP contribution in [0.15, 0.2) is 18.3 Å². The fourth-order valence-corrected chi connectivity index (χ4v) is 1.54. The van der Waals surface area contributed by atoms with Crippen LogP contribution in [-0.4, -0.2) is 44.3 Å². The number of nitrogens with one attached hydrogen (secondary N) is 1. The molecule has 0 aliphatic rings. The van der Waals surface area contributed by atoms with E-state index < -0.39 is 19.1 Å². The maximum Gasteiger partial charge on any atom is 0.422 e. The number of rotatable bonds is 7. The molecule has 1 atom stereocenters. The van der Waals surface area contributed by atoms with Crippen LogP contribution in [0.4, 0.5) is 18.9 Å². The number of methoxy groups -OCH3 is 2. The SMILES string of the molecule is COC(OC)C(C)Nc1ccc(OCC(F)(F)F)nc1. The van der Waals surface area contributed by atoms with Gasteiger partial charge in [0.05, 0.1) is 17.9 Å². The van der Waals surface area contributed by atoms with Gasteiger partial charge in [-0.25, -0.2) is 4.98 Å². The second-order valence-electron chi connectivity index (χ2n) is 4.06. The summed E-state index contributed by atoms with van der Waals surface area (Å²) in [5.41, 5.74) is 0.621. The average molecular weight is 294 g/mol. The summed E-state index contributed by atoms with van der Waals surface area (Å²) >= 11 is 0.